The van der Waals surface area contributed by atoms with Gasteiger partial charge in [0.05, 0.1) is 19.3 Å². The van der Waals surface area contributed by atoms with Crippen LogP contribution in [0.1, 0.15) is 34.1 Å². The van der Waals surface area contributed by atoms with Gasteiger partial charge in [-0.1, -0.05) is 13.0 Å². The van der Waals surface area contributed by atoms with Gasteiger partial charge in [0.15, 0.2) is 5.79 Å². The van der Waals surface area contributed by atoms with E-state index in [4.69, 9.17) is 14.2 Å². The van der Waals surface area contributed by atoms with E-state index in [2.05, 4.69) is 6.92 Å². The smallest absolute Gasteiger partial charge is 0.330 e. The van der Waals surface area contributed by atoms with Gasteiger partial charge in [0, 0.05) is 6.08 Å². The second kappa shape index (κ2) is 6.17. The topological polar surface area (TPSA) is 44.8 Å². The monoisotopic (exact) mass is 242 g/mol. The van der Waals surface area contributed by atoms with E-state index >= 15 is 0 Å². The Bertz CT molecular complexity index is 283. The van der Waals surface area contributed by atoms with Crippen molar-refractivity contribution in [3.05, 3.63) is 12.2 Å². The van der Waals surface area contributed by atoms with E-state index in [1.165, 1.54) is 6.08 Å². The number of rotatable bonds is 5. The Morgan fingerprint density at radius 3 is 2.82 bits per heavy atom. The molecular weight excluding hydrogens is 220 g/mol. The number of hydrogen-bond acceptors (Lipinski definition) is 4. The van der Waals surface area contributed by atoms with E-state index in [1.54, 1.807) is 6.92 Å². The maximum Gasteiger partial charge on any atom is 0.330 e. The van der Waals surface area contributed by atoms with Crippen molar-refractivity contribution in [1.82, 2.24) is 0 Å². The lowest BCUT2D eigenvalue weighted by molar-refractivity contribution is -0.143. The first-order chi connectivity index (χ1) is 7.94. The number of hydrogen-bond donors (Lipinski definition) is 0. The van der Waals surface area contributed by atoms with Crippen LogP contribution in [0.4, 0.5) is 0 Å². The molecule has 0 aromatic rings. The number of allylic oxidation sites excluding steroid dienone is 1. The van der Waals surface area contributed by atoms with Gasteiger partial charge in [0.1, 0.15) is 0 Å². The highest BCUT2D eigenvalue weighted by Gasteiger charge is 2.35. The van der Waals surface area contributed by atoms with Crippen LogP contribution in [0.5, 0.6) is 0 Å². The number of carbonyl (C=O) groups is 1. The van der Waals surface area contributed by atoms with Crippen LogP contribution in [0.15, 0.2) is 12.2 Å². The second-order valence-corrected chi connectivity index (χ2v) is 4.73. The summed E-state index contributed by atoms with van der Waals surface area (Å²) in [4.78, 5) is 11.1. The molecule has 1 saturated heterocycles. The molecule has 0 unspecified atom stereocenters. The normalized spacial score (nSPS) is 25.1. The van der Waals surface area contributed by atoms with Crippen molar-refractivity contribution in [1.29, 1.82) is 0 Å². The Kier molecular flexibility index (Phi) is 5.15. The molecule has 1 aliphatic rings. The average molecular weight is 242 g/mol. The zero-order valence-electron chi connectivity index (χ0n) is 11.1. The van der Waals surface area contributed by atoms with Crippen molar-refractivity contribution in [3.63, 3.8) is 0 Å². The lowest BCUT2D eigenvalue weighted by Gasteiger charge is -2.20. The van der Waals surface area contributed by atoms with Gasteiger partial charge in [-0.05, 0) is 33.1 Å². The predicted octanol–water partition coefficient (Wildman–Crippen LogP) is 2.28. The van der Waals surface area contributed by atoms with Crippen LogP contribution in [-0.2, 0) is 19.0 Å². The van der Waals surface area contributed by atoms with E-state index in [9.17, 15) is 4.79 Å². The molecule has 4 heteroatoms. The van der Waals surface area contributed by atoms with Crippen LogP contribution in [-0.4, -0.2) is 31.1 Å². The maximum absolute atomic E-state index is 11.1. The average Bonchev–Trinajstić information content (AvgIpc) is 2.59. The molecule has 4 nitrogen and oxygen atoms in total. The molecule has 0 bridgehead atoms. The first kappa shape index (κ1) is 14.2. The molecular formula is C13H22O4. The summed E-state index contributed by atoms with van der Waals surface area (Å²) in [6.07, 6.45) is 4.18. The van der Waals surface area contributed by atoms with Gasteiger partial charge < -0.3 is 14.2 Å². The molecule has 0 saturated carbocycles. The van der Waals surface area contributed by atoms with Crippen LogP contribution in [0, 0.1) is 5.92 Å². The van der Waals surface area contributed by atoms with Crippen molar-refractivity contribution in [2.45, 2.75) is 46.0 Å². The standard InChI is InChI=1S/C13H22O4/c1-5-15-12(14)8-6-7-10(2)11-9-16-13(3,4)17-11/h6,8,10-11H,5,7,9H2,1-4H3/b8-6+/t10-,11+/m1/s1. The van der Waals surface area contributed by atoms with Crippen molar-refractivity contribution in [2.75, 3.05) is 13.2 Å². The Morgan fingerprint density at radius 1 is 1.59 bits per heavy atom. The van der Waals surface area contributed by atoms with Gasteiger partial charge in [-0.3, -0.25) is 0 Å². The highest BCUT2D eigenvalue weighted by atomic mass is 16.7. The van der Waals surface area contributed by atoms with Crippen molar-refractivity contribution < 1.29 is 19.0 Å². The lowest BCUT2D eigenvalue weighted by atomic mass is 10.0. The predicted molar refractivity (Wildman–Crippen MR) is 64.5 cm³/mol. The SMILES string of the molecule is CCOC(=O)/C=C/C[C@@H](C)[C@@H]1COC(C)(C)O1. The third kappa shape index (κ3) is 4.88. The van der Waals surface area contributed by atoms with Gasteiger partial charge in [-0.25, -0.2) is 4.79 Å². The van der Waals surface area contributed by atoms with E-state index in [1.807, 2.05) is 19.9 Å². The van der Waals surface area contributed by atoms with Gasteiger partial charge in [0.25, 0.3) is 0 Å². The summed E-state index contributed by atoms with van der Waals surface area (Å²) in [6.45, 7) is 8.72. The Balaban J connectivity index is 2.30. The molecule has 0 aromatic carbocycles. The van der Waals surface area contributed by atoms with Gasteiger partial charge in [-0.2, -0.15) is 0 Å². The quantitative estimate of drug-likeness (QED) is 0.548. The summed E-state index contributed by atoms with van der Waals surface area (Å²) in [6, 6.07) is 0. The molecule has 17 heavy (non-hydrogen) atoms. The molecule has 0 spiro atoms. The first-order valence-corrected chi connectivity index (χ1v) is 6.09. The zero-order chi connectivity index (χ0) is 12.9. The largest absolute Gasteiger partial charge is 0.463 e. The molecule has 0 radical (unpaired) electrons. The van der Waals surface area contributed by atoms with E-state index in [0.29, 0.717) is 19.1 Å². The molecule has 0 amide bonds. The van der Waals surface area contributed by atoms with E-state index in [-0.39, 0.29) is 12.1 Å². The fourth-order valence-electron chi connectivity index (χ4n) is 1.72. The summed E-state index contributed by atoms with van der Waals surface area (Å²) in [7, 11) is 0. The van der Waals surface area contributed by atoms with E-state index in [0.717, 1.165) is 6.42 Å². The Morgan fingerprint density at radius 2 is 2.29 bits per heavy atom. The summed E-state index contributed by atoms with van der Waals surface area (Å²) >= 11 is 0. The van der Waals surface area contributed by atoms with Gasteiger partial charge in [-0.15, -0.1) is 0 Å². The lowest BCUT2D eigenvalue weighted by Crippen LogP contribution is -2.25. The molecule has 2 atom stereocenters. The van der Waals surface area contributed by atoms with Crippen LogP contribution in [0.3, 0.4) is 0 Å². The summed E-state index contributed by atoms with van der Waals surface area (Å²) < 4.78 is 16.0. The summed E-state index contributed by atoms with van der Waals surface area (Å²) in [5.74, 6) is -0.449. The fourth-order valence-corrected chi connectivity index (χ4v) is 1.72. The Labute approximate surface area is 103 Å². The minimum Gasteiger partial charge on any atom is -0.463 e. The van der Waals surface area contributed by atoms with Crippen LogP contribution < -0.4 is 0 Å². The summed E-state index contributed by atoms with van der Waals surface area (Å²) in [5, 5.41) is 0. The highest BCUT2D eigenvalue weighted by molar-refractivity contribution is 5.81. The molecule has 0 N–H and O–H groups in total. The molecule has 0 aliphatic carbocycles. The molecule has 1 heterocycles. The fraction of sp³-hybridized carbons (Fsp3) is 0.769. The zero-order valence-corrected chi connectivity index (χ0v) is 11.1. The van der Waals surface area contributed by atoms with Crippen molar-refractivity contribution in [3.8, 4) is 0 Å². The van der Waals surface area contributed by atoms with Crippen molar-refractivity contribution in [2.24, 2.45) is 5.92 Å². The third-order valence-electron chi connectivity index (χ3n) is 2.71. The van der Waals surface area contributed by atoms with Crippen LogP contribution in [0.2, 0.25) is 0 Å². The molecule has 0 aromatic heterocycles. The van der Waals surface area contributed by atoms with Crippen molar-refractivity contribution >= 4 is 5.97 Å². The minimum absolute atomic E-state index is 0.0943. The minimum atomic E-state index is -0.482. The molecule has 1 aliphatic heterocycles. The molecule has 1 rings (SSSR count). The summed E-state index contributed by atoms with van der Waals surface area (Å²) in [5.41, 5.74) is 0. The first-order valence-electron chi connectivity index (χ1n) is 6.09. The van der Waals surface area contributed by atoms with Gasteiger partial charge in [0.2, 0.25) is 0 Å². The number of esters is 1. The maximum atomic E-state index is 11.1. The highest BCUT2D eigenvalue weighted by Crippen LogP contribution is 2.28. The van der Waals surface area contributed by atoms with E-state index < -0.39 is 5.79 Å². The second-order valence-electron chi connectivity index (χ2n) is 4.73. The third-order valence-corrected chi connectivity index (χ3v) is 2.71. The van der Waals surface area contributed by atoms with Crippen LogP contribution in [0.25, 0.3) is 0 Å². The Hall–Kier alpha value is -0.870. The number of ether oxygens (including phenoxy) is 3. The molecule has 1 fully saturated rings. The molecule has 98 valence electrons. The van der Waals surface area contributed by atoms with Gasteiger partial charge >= 0.3 is 5.97 Å². The van der Waals surface area contributed by atoms with Crippen LogP contribution >= 0.6 is 0 Å². The number of carbonyl (C=O) groups excluding carboxylic acids is 1.